The van der Waals surface area contributed by atoms with Crippen LogP contribution in [0.2, 0.25) is 0 Å². The number of aryl methyl sites for hydroxylation is 1. The highest BCUT2D eigenvalue weighted by molar-refractivity contribution is 7.21. The third kappa shape index (κ3) is 7.51. The Bertz CT molecular complexity index is 2180. The fourth-order valence-corrected chi connectivity index (χ4v) is 5.62. The number of phenols is 2. The summed E-state index contributed by atoms with van der Waals surface area (Å²) >= 11 is 1.74. The van der Waals surface area contributed by atoms with Crippen LogP contribution in [0.3, 0.4) is 0 Å². The van der Waals surface area contributed by atoms with E-state index >= 15 is 0 Å². The first-order chi connectivity index (χ1) is 22.9. The van der Waals surface area contributed by atoms with Crippen molar-refractivity contribution in [2.75, 3.05) is 25.3 Å². The summed E-state index contributed by atoms with van der Waals surface area (Å²) in [4.78, 5) is 26.6. The van der Waals surface area contributed by atoms with E-state index in [4.69, 9.17) is 10.7 Å². The monoisotopic (exact) mass is 664 g/mol. The Kier molecular flexibility index (Phi) is 9.56. The smallest absolute Gasteiger partial charge is 0.301 e. The molecule has 48 heavy (non-hydrogen) atoms. The Balaban J connectivity index is 0.000000204. The molecule has 14 heteroatoms. The molecule has 0 unspecified atom stereocenters. The molecule has 0 radical (unpaired) electrons. The van der Waals surface area contributed by atoms with Crippen molar-refractivity contribution in [1.82, 2.24) is 9.56 Å². The lowest BCUT2D eigenvalue weighted by molar-refractivity contribution is -0.393. The van der Waals surface area contributed by atoms with Crippen LogP contribution in [-0.2, 0) is 0 Å². The van der Waals surface area contributed by atoms with E-state index in [1.54, 1.807) is 35.6 Å². The van der Waals surface area contributed by atoms with Crippen molar-refractivity contribution < 1.29 is 20.1 Å². The Morgan fingerprint density at radius 2 is 1.46 bits per heavy atom. The van der Waals surface area contributed by atoms with E-state index < -0.39 is 21.2 Å². The highest BCUT2D eigenvalue weighted by Gasteiger charge is 2.20. The lowest BCUT2D eigenvalue weighted by atomic mass is 10.0. The molecular weight excluding hydrogens is 634 g/mol. The van der Waals surface area contributed by atoms with E-state index in [0.717, 1.165) is 39.3 Å². The van der Waals surface area contributed by atoms with Gasteiger partial charge in [0.2, 0.25) is 5.36 Å². The van der Waals surface area contributed by atoms with Crippen LogP contribution in [0.25, 0.3) is 20.8 Å². The number of phenolic OH excluding ortho intramolecular Hbond substituents is 2. The standard InChI is InChI=1S/C19H14N4O6.C15H15N3S/c24-15-6-1-12(2-7-15)19(13-3-8-16(25)9-4-13)21-20-17-10-5-14(22(26)27)11-18(17)23(28)29;1-9-6-13-15(8-11(9)16)19-14-7-10(18(2)3)4-5-12(14)17-13/h1-11,20,24-25H;4-8,16H,1-3H3/p+1. The molecule has 0 fully saturated rings. The molecule has 4 aromatic rings. The van der Waals surface area contributed by atoms with E-state index in [2.05, 4.69) is 39.4 Å². The number of benzene rings is 5. The molecule has 13 nitrogen and oxygen atoms in total. The zero-order valence-corrected chi connectivity index (χ0v) is 26.8. The first-order valence-corrected chi connectivity index (χ1v) is 15.2. The fraction of sp³-hybridized carbons (Fsp3) is 0.0882. The van der Waals surface area contributed by atoms with E-state index in [-0.39, 0.29) is 17.2 Å². The molecule has 4 aromatic carbocycles. The zero-order valence-electron chi connectivity index (χ0n) is 26.0. The van der Waals surface area contributed by atoms with Gasteiger partial charge >= 0.3 is 5.69 Å². The van der Waals surface area contributed by atoms with Crippen molar-refractivity contribution in [2.45, 2.75) is 6.92 Å². The van der Waals surface area contributed by atoms with Crippen molar-refractivity contribution >= 4 is 50.0 Å². The maximum Gasteiger partial charge on any atom is 0.301 e. The van der Waals surface area contributed by atoms with Crippen LogP contribution in [0.15, 0.2) is 102 Å². The number of aromatic nitrogens is 1. The van der Waals surface area contributed by atoms with Gasteiger partial charge in [0, 0.05) is 35.0 Å². The fourth-order valence-electron chi connectivity index (χ4n) is 4.59. The number of nitrogens with one attached hydrogen (secondary N) is 1. The molecular formula is C34H30N7O6S+. The van der Waals surface area contributed by atoms with Crippen molar-refractivity contribution in [3.63, 3.8) is 0 Å². The van der Waals surface area contributed by atoms with Gasteiger partial charge in [-0.2, -0.15) is 5.10 Å². The highest BCUT2D eigenvalue weighted by Crippen LogP contribution is 2.32. The largest absolute Gasteiger partial charge is 0.508 e. The normalized spacial score (nSPS) is 10.6. The number of hydrogen-bond donors (Lipinski definition) is 4. The Hall–Kier alpha value is -6.41. The van der Waals surface area contributed by atoms with Crippen LogP contribution in [0.5, 0.6) is 11.5 Å². The van der Waals surface area contributed by atoms with E-state index in [1.165, 1.54) is 40.6 Å². The molecule has 0 saturated carbocycles. The number of nitro benzene ring substituents is 2. The molecule has 6 rings (SSSR count). The van der Waals surface area contributed by atoms with Gasteiger partial charge in [-0.3, -0.25) is 25.7 Å². The molecule has 242 valence electrons. The third-order valence-electron chi connectivity index (χ3n) is 7.23. The van der Waals surface area contributed by atoms with Gasteiger partial charge in [0.05, 0.1) is 42.4 Å². The Morgan fingerprint density at radius 3 is 2.02 bits per heavy atom. The second kappa shape index (κ2) is 13.9. The Labute approximate surface area is 277 Å². The summed E-state index contributed by atoms with van der Waals surface area (Å²) in [5, 5.41) is 46.6. The summed E-state index contributed by atoms with van der Waals surface area (Å²) in [6.45, 7) is 2.01. The quantitative estimate of drug-likeness (QED) is 0.0406. The maximum absolute atomic E-state index is 11.3. The number of non-ortho nitro benzene ring substituents is 1. The molecule has 0 amide bonds. The van der Waals surface area contributed by atoms with Crippen LogP contribution in [0.1, 0.15) is 16.7 Å². The average Bonchev–Trinajstić information content (AvgIpc) is 3.06. The molecule has 0 spiro atoms. The van der Waals surface area contributed by atoms with Gasteiger partial charge in [0.25, 0.3) is 5.69 Å². The SMILES string of the molecule is Cc1cc2nc3ccc(=[N+](C)C)cc-3sc2cc1N.O=[N+]([O-])c1ccc(NN=C(c2ccc(O)cc2)c2ccc(O)cc2)c([N+](=O)[O-])c1. The topological polar surface area (TPSA) is 193 Å². The maximum atomic E-state index is 11.3. The second-order valence-corrected chi connectivity index (χ2v) is 11.9. The summed E-state index contributed by atoms with van der Waals surface area (Å²) < 4.78 is 3.23. The molecule has 1 aliphatic carbocycles. The van der Waals surface area contributed by atoms with Gasteiger partial charge in [-0.1, -0.05) is 0 Å². The summed E-state index contributed by atoms with van der Waals surface area (Å²) in [7, 11) is 4.09. The minimum atomic E-state index is -0.744. The van der Waals surface area contributed by atoms with Crippen molar-refractivity contribution in [3.8, 4) is 22.1 Å². The lowest BCUT2D eigenvalue weighted by Gasteiger charge is -2.09. The molecule has 5 N–H and O–H groups in total. The van der Waals surface area contributed by atoms with Gasteiger partial charge in [0.15, 0.2) is 0 Å². The van der Waals surface area contributed by atoms with Crippen molar-refractivity contribution in [1.29, 1.82) is 0 Å². The van der Waals surface area contributed by atoms with Crippen LogP contribution >= 0.6 is 11.3 Å². The predicted molar refractivity (Wildman–Crippen MR) is 188 cm³/mol. The third-order valence-corrected chi connectivity index (χ3v) is 8.32. The van der Waals surface area contributed by atoms with Crippen molar-refractivity contribution in [2.24, 2.45) is 5.10 Å². The molecule has 0 saturated heterocycles. The summed E-state index contributed by atoms with van der Waals surface area (Å²) in [6, 6.07) is 25.8. The van der Waals surface area contributed by atoms with E-state index in [0.29, 0.717) is 16.8 Å². The number of nitrogen functional groups attached to an aromatic ring is 1. The van der Waals surface area contributed by atoms with Gasteiger partial charge in [-0.25, -0.2) is 9.56 Å². The average molecular weight is 665 g/mol. The number of rotatable bonds is 6. The number of anilines is 2. The number of nitrogens with two attached hydrogens (primary N) is 1. The number of aromatic hydroxyl groups is 2. The molecule has 1 heterocycles. The van der Waals surface area contributed by atoms with Crippen LogP contribution in [0, 0.1) is 27.2 Å². The molecule has 2 aliphatic rings. The number of hydrogen-bond acceptors (Lipinski definition) is 11. The van der Waals surface area contributed by atoms with Gasteiger partial charge in [-0.05, 0) is 85.3 Å². The zero-order chi connectivity index (χ0) is 34.5. The molecule has 0 atom stereocenters. The summed E-state index contributed by atoms with van der Waals surface area (Å²) in [5.41, 5.74) is 13.1. The summed E-state index contributed by atoms with van der Waals surface area (Å²) in [5.74, 6) is 0.107. The van der Waals surface area contributed by atoms with Crippen LogP contribution in [-0.4, -0.2) is 44.9 Å². The van der Waals surface area contributed by atoms with E-state index in [1.807, 2.05) is 27.1 Å². The van der Waals surface area contributed by atoms with Crippen LogP contribution in [0.4, 0.5) is 22.7 Å². The molecule has 0 aromatic heterocycles. The van der Waals surface area contributed by atoms with Crippen LogP contribution < -0.4 is 21.1 Å². The van der Waals surface area contributed by atoms with Gasteiger partial charge < -0.3 is 15.9 Å². The second-order valence-electron chi connectivity index (χ2n) is 10.8. The lowest BCUT2D eigenvalue weighted by Crippen LogP contribution is -2.21. The molecule has 1 aliphatic heterocycles. The van der Waals surface area contributed by atoms with Gasteiger partial charge in [-0.15, -0.1) is 11.3 Å². The number of hydrazone groups is 1. The minimum absolute atomic E-state index is 0.0318. The molecule has 0 bridgehead atoms. The summed E-state index contributed by atoms with van der Waals surface area (Å²) in [6.07, 6.45) is 0. The number of fused-ring (bicyclic) bond motifs is 2. The van der Waals surface area contributed by atoms with E-state index in [9.17, 15) is 30.4 Å². The first kappa shape index (κ1) is 33.0. The highest BCUT2D eigenvalue weighted by atomic mass is 32.1. The minimum Gasteiger partial charge on any atom is -0.508 e. The number of nitro groups is 2. The van der Waals surface area contributed by atoms with Crippen molar-refractivity contribution in [3.05, 3.63) is 139 Å². The predicted octanol–water partition coefficient (Wildman–Crippen LogP) is 6.10. The number of nitrogens with zero attached hydrogens (tertiary/aromatic N) is 5. The van der Waals surface area contributed by atoms with Gasteiger partial charge in [0.1, 0.15) is 31.3 Å². The Morgan fingerprint density at radius 1 is 0.833 bits per heavy atom. The first-order valence-electron chi connectivity index (χ1n) is 14.4.